The van der Waals surface area contributed by atoms with Gasteiger partial charge in [-0.15, -0.1) is 0 Å². The molecule has 16 heavy (non-hydrogen) atoms. The van der Waals surface area contributed by atoms with Gasteiger partial charge in [-0.2, -0.15) is 4.98 Å². The first-order valence-electron chi connectivity index (χ1n) is 5.74. The third-order valence-electron chi connectivity index (χ3n) is 2.47. The number of hydrogen-bond acceptors (Lipinski definition) is 4. The highest BCUT2D eigenvalue weighted by Gasteiger charge is 2.10. The largest absolute Gasteiger partial charge is 0.343 e. The van der Waals surface area contributed by atoms with E-state index in [2.05, 4.69) is 10.1 Å². The standard InChI is InChI=1S/C11H19N3O2/c1-4-14(5-2)11(15)8-6-7-10-12-9(3)13-16-10/h4-8H2,1-3H3. The quantitative estimate of drug-likeness (QED) is 0.737. The number of rotatable bonds is 6. The maximum Gasteiger partial charge on any atom is 0.226 e. The van der Waals surface area contributed by atoms with Crippen molar-refractivity contribution in [3.8, 4) is 0 Å². The van der Waals surface area contributed by atoms with Crippen molar-refractivity contribution < 1.29 is 9.32 Å². The zero-order valence-electron chi connectivity index (χ0n) is 10.2. The summed E-state index contributed by atoms with van der Waals surface area (Å²) in [5.74, 6) is 1.45. The third-order valence-corrected chi connectivity index (χ3v) is 2.47. The Kier molecular flexibility index (Phi) is 4.95. The fraction of sp³-hybridized carbons (Fsp3) is 0.727. The summed E-state index contributed by atoms with van der Waals surface area (Å²) in [6, 6.07) is 0. The van der Waals surface area contributed by atoms with E-state index in [1.54, 1.807) is 6.92 Å². The van der Waals surface area contributed by atoms with Gasteiger partial charge in [0.2, 0.25) is 11.8 Å². The molecule has 0 saturated carbocycles. The van der Waals surface area contributed by atoms with Crippen molar-refractivity contribution in [3.63, 3.8) is 0 Å². The molecule has 0 saturated heterocycles. The van der Waals surface area contributed by atoms with Gasteiger partial charge in [0, 0.05) is 25.9 Å². The molecule has 90 valence electrons. The smallest absolute Gasteiger partial charge is 0.226 e. The first-order chi connectivity index (χ1) is 7.67. The van der Waals surface area contributed by atoms with E-state index in [0.29, 0.717) is 24.6 Å². The van der Waals surface area contributed by atoms with Crippen LogP contribution in [0.3, 0.4) is 0 Å². The van der Waals surface area contributed by atoms with Crippen molar-refractivity contribution >= 4 is 5.91 Å². The molecule has 1 aromatic heterocycles. The highest BCUT2D eigenvalue weighted by molar-refractivity contribution is 5.76. The monoisotopic (exact) mass is 225 g/mol. The van der Waals surface area contributed by atoms with Gasteiger partial charge in [0.15, 0.2) is 5.82 Å². The number of nitrogens with zero attached hydrogens (tertiary/aromatic N) is 3. The fourth-order valence-electron chi connectivity index (χ4n) is 1.57. The summed E-state index contributed by atoms with van der Waals surface area (Å²) in [4.78, 5) is 17.6. The van der Waals surface area contributed by atoms with E-state index in [4.69, 9.17) is 4.52 Å². The maximum absolute atomic E-state index is 11.7. The van der Waals surface area contributed by atoms with Crippen molar-refractivity contribution in [1.82, 2.24) is 15.0 Å². The summed E-state index contributed by atoms with van der Waals surface area (Å²) in [5.41, 5.74) is 0. The van der Waals surface area contributed by atoms with Gasteiger partial charge >= 0.3 is 0 Å². The summed E-state index contributed by atoms with van der Waals surface area (Å²) in [7, 11) is 0. The zero-order chi connectivity index (χ0) is 12.0. The van der Waals surface area contributed by atoms with Gasteiger partial charge in [0.1, 0.15) is 0 Å². The molecule has 0 atom stereocenters. The Hall–Kier alpha value is -1.39. The van der Waals surface area contributed by atoms with Crippen LogP contribution in [0.4, 0.5) is 0 Å². The van der Waals surface area contributed by atoms with Crippen molar-refractivity contribution in [2.75, 3.05) is 13.1 Å². The maximum atomic E-state index is 11.7. The zero-order valence-corrected chi connectivity index (χ0v) is 10.2. The van der Waals surface area contributed by atoms with Crippen molar-refractivity contribution in [3.05, 3.63) is 11.7 Å². The number of carbonyl (C=O) groups excluding carboxylic acids is 1. The highest BCUT2D eigenvalue weighted by atomic mass is 16.5. The average molecular weight is 225 g/mol. The lowest BCUT2D eigenvalue weighted by molar-refractivity contribution is -0.130. The summed E-state index contributed by atoms with van der Waals surface area (Å²) in [5, 5.41) is 3.70. The number of aromatic nitrogens is 2. The minimum Gasteiger partial charge on any atom is -0.343 e. The Morgan fingerprint density at radius 3 is 2.56 bits per heavy atom. The van der Waals surface area contributed by atoms with E-state index in [9.17, 15) is 4.79 Å². The second-order valence-electron chi connectivity index (χ2n) is 3.65. The van der Waals surface area contributed by atoms with E-state index in [-0.39, 0.29) is 5.91 Å². The van der Waals surface area contributed by atoms with Crippen LogP contribution in [0, 0.1) is 6.92 Å². The first-order valence-corrected chi connectivity index (χ1v) is 5.74. The number of carbonyl (C=O) groups is 1. The Bertz CT molecular complexity index is 332. The lowest BCUT2D eigenvalue weighted by Crippen LogP contribution is -2.30. The molecule has 1 rings (SSSR count). The molecular weight excluding hydrogens is 206 g/mol. The molecular formula is C11H19N3O2. The molecule has 0 N–H and O–H groups in total. The first kappa shape index (κ1) is 12.7. The van der Waals surface area contributed by atoms with Gasteiger partial charge in [0.05, 0.1) is 0 Å². The molecule has 0 bridgehead atoms. The topological polar surface area (TPSA) is 59.2 Å². The van der Waals surface area contributed by atoms with Crippen LogP contribution in [-0.4, -0.2) is 34.0 Å². The van der Waals surface area contributed by atoms with Crippen LogP contribution < -0.4 is 0 Å². The summed E-state index contributed by atoms with van der Waals surface area (Å²) in [6.45, 7) is 7.31. The van der Waals surface area contributed by atoms with E-state index in [1.807, 2.05) is 18.7 Å². The van der Waals surface area contributed by atoms with Crippen LogP contribution in [0.1, 0.15) is 38.4 Å². The molecule has 5 heteroatoms. The molecule has 0 aromatic carbocycles. The fourth-order valence-corrected chi connectivity index (χ4v) is 1.57. The average Bonchev–Trinajstić information content (AvgIpc) is 2.66. The molecule has 0 radical (unpaired) electrons. The predicted octanol–water partition coefficient (Wildman–Crippen LogP) is 1.57. The van der Waals surface area contributed by atoms with Gasteiger partial charge in [-0.25, -0.2) is 0 Å². The predicted molar refractivity (Wildman–Crippen MR) is 59.9 cm³/mol. The van der Waals surface area contributed by atoms with Crippen LogP contribution in [-0.2, 0) is 11.2 Å². The second-order valence-corrected chi connectivity index (χ2v) is 3.65. The van der Waals surface area contributed by atoms with Crippen molar-refractivity contribution in [1.29, 1.82) is 0 Å². The van der Waals surface area contributed by atoms with Crippen molar-refractivity contribution in [2.24, 2.45) is 0 Å². The third kappa shape index (κ3) is 3.64. The van der Waals surface area contributed by atoms with Crippen LogP contribution in [0.15, 0.2) is 4.52 Å². The van der Waals surface area contributed by atoms with Crippen LogP contribution in [0.5, 0.6) is 0 Å². The summed E-state index contributed by atoms with van der Waals surface area (Å²) in [6.07, 6.45) is 1.98. The Morgan fingerprint density at radius 2 is 2.06 bits per heavy atom. The normalized spacial score (nSPS) is 10.4. The molecule has 1 heterocycles. The van der Waals surface area contributed by atoms with Gasteiger partial charge in [-0.3, -0.25) is 4.79 Å². The van der Waals surface area contributed by atoms with E-state index < -0.39 is 0 Å². The summed E-state index contributed by atoms with van der Waals surface area (Å²) >= 11 is 0. The summed E-state index contributed by atoms with van der Waals surface area (Å²) < 4.78 is 4.97. The molecule has 1 aromatic rings. The van der Waals surface area contributed by atoms with Gasteiger partial charge in [0.25, 0.3) is 0 Å². The van der Waals surface area contributed by atoms with Crippen LogP contribution in [0.25, 0.3) is 0 Å². The SMILES string of the molecule is CCN(CC)C(=O)CCCc1nc(C)no1. The van der Waals surface area contributed by atoms with Crippen molar-refractivity contribution in [2.45, 2.75) is 40.0 Å². The Balaban J connectivity index is 2.27. The molecule has 0 aliphatic carbocycles. The van der Waals surface area contributed by atoms with E-state index in [1.165, 1.54) is 0 Å². The lowest BCUT2D eigenvalue weighted by atomic mass is 10.2. The number of amides is 1. The second kappa shape index (κ2) is 6.25. The molecule has 0 aliphatic heterocycles. The minimum absolute atomic E-state index is 0.196. The van der Waals surface area contributed by atoms with Crippen LogP contribution in [0.2, 0.25) is 0 Å². The number of hydrogen-bond donors (Lipinski definition) is 0. The van der Waals surface area contributed by atoms with Gasteiger partial charge in [-0.1, -0.05) is 5.16 Å². The molecule has 5 nitrogen and oxygen atoms in total. The Labute approximate surface area is 95.8 Å². The minimum atomic E-state index is 0.196. The van der Waals surface area contributed by atoms with Gasteiger partial charge < -0.3 is 9.42 Å². The van der Waals surface area contributed by atoms with E-state index in [0.717, 1.165) is 19.5 Å². The number of aryl methyl sites for hydroxylation is 2. The van der Waals surface area contributed by atoms with E-state index >= 15 is 0 Å². The molecule has 1 amide bonds. The lowest BCUT2D eigenvalue weighted by Gasteiger charge is -2.18. The molecule has 0 unspecified atom stereocenters. The Morgan fingerprint density at radius 1 is 1.38 bits per heavy atom. The molecule has 0 fully saturated rings. The molecule has 0 spiro atoms. The molecule has 0 aliphatic rings. The van der Waals surface area contributed by atoms with Crippen LogP contribution >= 0.6 is 0 Å². The highest BCUT2D eigenvalue weighted by Crippen LogP contribution is 2.04. The van der Waals surface area contributed by atoms with Gasteiger partial charge in [-0.05, 0) is 27.2 Å².